The second-order valence-corrected chi connectivity index (χ2v) is 19.7. The molecule has 13 nitrogen and oxygen atoms in total. The number of thiophene rings is 1. The summed E-state index contributed by atoms with van der Waals surface area (Å²) in [4.78, 5) is 47.6. The number of nitrogens with one attached hydrogen (secondary N) is 1. The van der Waals surface area contributed by atoms with Gasteiger partial charge >= 0.3 is 24.1 Å². The number of aromatic nitrogens is 4. The Morgan fingerprint density at radius 3 is 2.42 bits per heavy atom. The first-order valence-electron chi connectivity index (χ1n) is 23.6. The van der Waals surface area contributed by atoms with E-state index in [1.807, 2.05) is 24.0 Å². The standard InChI is InChI=1S/C52H55ClF6N6O7S/c1-6-68-48(67)40(27-35-25-32(26-41(66)72-50(3,4)5)7-14-39(35)70-29-37-15-19-61-49(64-37)69-24-18-52(57,58)59)71-46-43-42(45(73-47(43)63-30-62-46)33-8-11-36(54)12-9-33)38-13-10-34(44(53)31(38)2)28-60-20-23-65-21-16-51(55,56)17-22-65/h7-15,19,25,30,40,60H,6,16-18,20-24,26-29H2,1-5H3/t40-/m1/s1. The molecule has 0 unspecified atom stereocenters. The number of carbonyl (C=O) groups excluding carboxylic acids is 2. The summed E-state index contributed by atoms with van der Waals surface area (Å²) < 4.78 is 109. The maximum atomic E-state index is 14.4. The highest BCUT2D eigenvalue weighted by molar-refractivity contribution is 7.22. The monoisotopic (exact) mass is 1060 g/mol. The lowest BCUT2D eigenvalue weighted by molar-refractivity contribution is -0.154. The Labute approximate surface area is 427 Å². The Balaban J connectivity index is 1.22. The molecule has 0 spiro atoms. The van der Waals surface area contributed by atoms with Crippen LogP contribution in [0.3, 0.4) is 0 Å². The van der Waals surface area contributed by atoms with Gasteiger partial charge in [0.2, 0.25) is 12.0 Å². The van der Waals surface area contributed by atoms with Gasteiger partial charge in [-0.1, -0.05) is 48.0 Å². The molecule has 7 rings (SSSR count). The van der Waals surface area contributed by atoms with E-state index in [9.17, 15) is 35.9 Å². The van der Waals surface area contributed by atoms with Gasteiger partial charge in [-0.3, -0.25) is 4.79 Å². The van der Waals surface area contributed by atoms with Crippen molar-refractivity contribution in [1.29, 1.82) is 0 Å². The largest absolute Gasteiger partial charge is 0.487 e. The number of carbonyl (C=O) groups is 2. The smallest absolute Gasteiger partial charge is 0.392 e. The molecule has 1 N–H and O–H groups in total. The van der Waals surface area contributed by atoms with Gasteiger partial charge in [0.15, 0.2) is 0 Å². The van der Waals surface area contributed by atoms with Crippen LogP contribution in [-0.4, -0.2) is 100.0 Å². The predicted molar refractivity (Wildman–Crippen MR) is 264 cm³/mol. The number of benzene rings is 3. The number of fused-ring (bicyclic) bond motifs is 1. The van der Waals surface area contributed by atoms with Crippen LogP contribution >= 0.6 is 22.9 Å². The molecule has 4 heterocycles. The number of ether oxygens (including phenoxy) is 5. The molecular formula is C52H55ClF6N6O7S. The van der Waals surface area contributed by atoms with Crippen molar-refractivity contribution in [2.24, 2.45) is 0 Å². The van der Waals surface area contributed by atoms with Gasteiger partial charge in [0, 0.05) is 73.6 Å². The molecule has 3 aromatic carbocycles. The third kappa shape index (κ3) is 15.2. The molecule has 3 aromatic heterocycles. The Hall–Kier alpha value is -6.09. The second-order valence-electron chi connectivity index (χ2n) is 18.4. The fourth-order valence-electron chi connectivity index (χ4n) is 8.04. The normalized spacial score (nSPS) is 14.5. The van der Waals surface area contributed by atoms with Crippen molar-refractivity contribution in [1.82, 2.24) is 30.2 Å². The van der Waals surface area contributed by atoms with Crippen LogP contribution in [0.5, 0.6) is 17.6 Å². The highest BCUT2D eigenvalue weighted by Crippen LogP contribution is 2.49. The van der Waals surface area contributed by atoms with Gasteiger partial charge in [-0.15, -0.1) is 11.3 Å². The number of halogens is 7. The Bertz CT molecular complexity index is 2870. The predicted octanol–water partition coefficient (Wildman–Crippen LogP) is 11.1. The summed E-state index contributed by atoms with van der Waals surface area (Å²) >= 11 is 8.44. The molecule has 1 atom stereocenters. The van der Waals surface area contributed by atoms with Gasteiger partial charge in [0.1, 0.15) is 41.5 Å². The third-order valence-electron chi connectivity index (χ3n) is 11.6. The van der Waals surface area contributed by atoms with Crippen LogP contribution in [0.15, 0.2) is 73.2 Å². The molecule has 0 aliphatic carbocycles. The van der Waals surface area contributed by atoms with E-state index in [0.29, 0.717) is 86.2 Å². The molecule has 1 aliphatic rings. The quantitative estimate of drug-likeness (QED) is 0.0415. The molecule has 390 valence electrons. The van der Waals surface area contributed by atoms with E-state index in [2.05, 4.69) is 25.3 Å². The van der Waals surface area contributed by atoms with Crippen molar-refractivity contribution < 1.29 is 59.6 Å². The zero-order valence-corrected chi connectivity index (χ0v) is 42.4. The molecule has 0 radical (unpaired) electrons. The van der Waals surface area contributed by atoms with E-state index in [1.165, 1.54) is 42.1 Å². The molecule has 0 amide bonds. The van der Waals surface area contributed by atoms with Crippen LogP contribution in [0.2, 0.25) is 5.02 Å². The number of piperidine rings is 1. The van der Waals surface area contributed by atoms with Crippen LogP contribution in [0, 0.1) is 12.7 Å². The average Bonchev–Trinajstić information content (AvgIpc) is 3.71. The molecule has 0 bridgehead atoms. The van der Waals surface area contributed by atoms with E-state index in [1.54, 1.807) is 58.0 Å². The van der Waals surface area contributed by atoms with Gasteiger partial charge in [-0.05, 0) is 92.3 Å². The van der Waals surface area contributed by atoms with Gasteiger partial charge < -0.3 is 33.9 Å². The molecular weight excluding hydrogens is 1000 g/mol. The highest BCUT2D eigenvalue weighted by atomic mass is 35.5. The van der Waals surface area contributed by atoms with Crippen molar-refractivity contribution in [2.75, 3.05) is 39.4 Å². The summed E-state index contributed by atoms with van der Waals surface area (Å²) in [6.07, 6.45) is -5.01. The lowest BCUT2D eigenvalue weighted by Crippen LogP contribution is -2.42. The van der Waals surface area contributed by atoms with E-state index in [4.69, 9.17) is 35.3 Å². The SMILES string of the molecule is CCOC(=O)[C@@H](Cc1cc(CC(=O)OC(C)(C)C)ccc1OCc1ccnc(OCCC(F)(F)F)n1)Oc1ncnc2sc(-c3ccc(F)cc3)c(-c3ccc(CNCCN4CCC(F)(F)CC4)c(Cl)c3C)c12. The first kappa shape index (κ1) is 54.7. The topological polar surface area (TPSA) is 147 Å². The number of nitrogens with zero attached hydrogens (tertiary/aromatic N) is 5. The summed E-state index contributed by atoms with van der Waals surface area (Å²) in [5.41, 5.74) is 3.90. The summed E-state index contributed by atoms with van der Waals surface area (Å²) in [5.74, 6) is -4.04. The minimum absolute atomic E-state index is 0.00447. The molecule has 73 heavy (non-hydrogen) atoms. The van der Waals surface area contributed by atoms with Gasteiger partial charge in [0.25, 0.3) is 5.92 Å². The fraction of sp³-hybridized carbons (Fsp3) is 0.423. The molecule has 1 saturated heterocycles. The zero-order chi connectivity index (χ0) is 52.5. The maximum Gasteiger partial charge on any atom is 0.392 e. The second kappa shape index (κ2) is 23.8. The number of esters is 2. The van der Waals surface area contributed by atoms with Crippen LogP contribution in [0.4, 0.5) is 26.3 Å². The lowest BCUT2D eigenvalue weighted by atomic mass is 9.94. The average molecular weight is 1060 g/mol. The van der Waals surface area contributed by atoms with Gasteiger partial charge in [-0.25, -0.2) is 32.9 Å². The molecule has 21 heteroatoms. The Morgan fingerprint density at radius 1 is 0.959 bits per heavy atom. The highest BCUT2D eigenvalue weighted by Gasteiger charge is 2.34. The van der Waals surface area contributed by atoms with E-state index in [-0.39, 0.29) is 62.2 Å². The van der Waals surface area contributed by atoms with Crippen molar-refractivity contribution in [2.45, 2.75) is 104 Å². The number of alkyl halides is 5. The lowest BCUT2D eigenvalue weighted by Gasteiger charge is -2.31. The van der Waals surface area contributed by atoms with Crippen molar-refractivity contribution in [3.8, 4) is 39.2 Å². The van der Waals surface area contributed by atoms with Crippen LogP contribution in [0.1, 0.15) is 74.9 Å². The summed E-state index contributed by atoms with van der Waals surface area (Å²) in [5, 5.41) is 4.29. The first-order valence-corrected chi connectivity index (χ1v) is 24.8. The maximum absolute atomic E-state index is 14.4. The van der Waals surface area contributed by atoms with Gasteiger partial charge in [0.05, 0.1) is 30.5 Å². The summed E-state index contributed by atoms with van der Waals surface area (Å²) in [6.45, 7) is 10.1. The Morgan fingerprint density at radius 2 is 1.71 bits per heavy atom. The molecule has 6 aromatic rings. The third-order valence-corrected chi connectivity index (χ3v) is 13.3. The minimum Gasteiger partial charge on any atom is -0.487 e. The van der Waals surface area contributed by atoms with Crippen LogP contribution in [0.25, 0.3) is 31.8 Å². The van der Waals surface area contributed by atoms with E-state index < -0.39 is 54.6 Å². The first-order chi connectivity index (χ1) is 34.6. The minimum atomic E-state index is -4.43. The number of rotatable bonds is 21. The number of hydrogen-bond donors (Lipinski definition) is 1. The van der Waals surface area contributed by atoms with Crippen molar-refractivity contribution in [3.05, 3.63) is 112 Å². The summed E-state index contributed by atoms with van der Waals surface area (Å²) in [6, 6.07) is 16.0. The zero-order valence-electron chi connectivity index (χ0n) is 40.8. The van der Waals surface area contributed by atoms with Gasteiger partial charge in [-0.2, -0.15) is 18.2 Å². The van der Waals surface area contributed by atoms with E-state index >= 15 is 0 Å². The Kier molecular flexibility index (Phi) is 17.9. The molecule has 0 saturated carbocycles. The van der Waals surface area contributed by atoms with Crippen LogP contribution in [-0.2, 0) is 45.1 Å². The number of hydrogen-bond acceptors (Lipinski definition) is 14. The number of likely N-dealkylation sites (tertiary alicyclic amines) is 1. The summed E-state index contributed by atoms with van der Waals surface area (Å²) in [7, 11) is 0. The van der Waals surface area contributed by atoms with Crippen molar-refractivity contribution >= 4 is 45.1 Å². The van der Waals surface area contributed by atoms with Crippen molar-refractivity contribution in [3.63, 3.8) is 0 Å². The molecule has 1 fully saturated rings. The van der Waals surface area contributed by atoms with Crippen LogP contribution < -0.4 is 19.5 Å². The fourth-order valence-corrected chi connectivity index (χ4v) is 9.42. The molecule has 1 aliphatic heterocycles. The van der Waals surface area contributed by atoms with E-state index in [0.717, 1.165) is 5.56 Å².